The Morgan fingerprint density at radius 3 is 2.23 bits per heavy atom. The second-order valence-electron chi connectivity index (χ2n) is 5.44. The molecule has 0 unspecified atom stereocenters. The Bertz CT molecular complexity index is 792. The Labute approximate surface area is 167 Å². The molecule has 3 N–H and O–H groups in total. The number of carbonyl (C=O) groups excluding carboxylic acids is 3. The number of esters is 1. The number of hydrogen-bond donors (Lipinski definition) is 2. The molecule has 2 aromatic rings. The highest BCUT2D eigenvalue weighted by molar-refractivity contribution is 9.11. The van der Waals surface area contributed by atoms with Crippen LogP contribution in [-0.4, -0.2) is 23.8 Å². The maximum absolute atomic E-state index is 12.3. The van der Waals surface area contributed by atoms with Crippen molar-refractivity contribution in [3.8, 4) is 0 Å². The summed E-state index contributed by atoms with van der Waals surface area (Å²) in [7, 11) is 0. The molecule has 0 aliphatic rings. The van der Waals surface area contributed by atoms with E-state index in [0.717, 1.165) is 5.56 Å². The van der Waals surface area contributed by atoms with Gasteiger partial charge in [-0.2, -0.15) is 0 Å². The molecule has 2 amide bonds. The lowest BCUT2D eigenvalue weighted by Gasteiger charge is -2.15. The third kappa shape index (κ3) is 6.27. The molecule has 0 aliphatic carbocycles. The lowest BCUT2D eigenvalue weighted by molar-refractivity contribution is -0.146. The van der Waals surface area contributed by atoms with Gasteiger partial charge in [-0.25, -0.2) is 0 Å². The summed E-state index contributed by atoms with van der Waals surface area (Å²) >= 11 is 6.57. The summed E-state index contributed by atoms with van der Waals surface area (Å²) in [6.07, 6.45) is -0.344. The van der Waals surface area contributed by atoms with E-state index in [-0.39, 0.29) is 13.0 Å². The highest BCUT2D eigenvalue weighted by atomic mass is 79.9. The first-order valence-corrected chi connectivity index (χ1v) is 9.19. The van der Waals surface area contributed by atoms with Crippen LogP contribution in [0.1, 0.15) is 22.3 Å². The summed E-state index contributed by atoms with van der Waals surface area (Å²) < 4.78 is 6.50. The molecular weight excluding hydrogens is 468 g/mol. The van der Waals surface area contributed by atoms with Crippen LogP contribution in [-0.2, 0) is 20.9 Å². The number of nitrogens with one attached hydrogen (secondary N) is 1. The molecule has 0 saturated heterocycles. The molecule has 0 aliphatic heterocycles. The summed E-state index contributed by atoms with van der Waals surface area (Å²) in [5.74, 6) is -1.97. The average Bonchev–Trinajstić information content (AvgIpc) is 2.59. The molecule has 0 fully saturated rings. The predicted molar refractivity (Wildman–Crippen MR) is 103 cm³/mol. The van der Waals surface area contributed by atoms with Gasteiger partial charge < -0.3 is 15.8 Å². The minimum Gasteiger partial charge on any atom is -0.461 e. The minimum absolute atomic E-state index is 0.0810. The van der Waals surface area contributed by atoms with Crippen molar-refractivity contribution < 1.29 is 19.1 Å². The average molecular weight is 484 g/mol. The number of benzene rings is 2. The molecule has 0 spiro atoms. The van der Waals surface area contributed by atoms with Crippen molar-refractivity contribution in [1.29, 1.82) is 0 Å². The number of ether oxygens (including phenoxy) is 1. The maximum atomic E-state index is 12.3. The highest BCUT2D eigenvalue weighted by Crippen LogP contribution is 2.20. The van der Waals surface area contributed by atoms with Crippen LogP contribution in [0.2, 0.25) is 0 Å². The largest absolute Gasteiger partial charge is 0.461 e. The smallest absolute Gasteiger partial charge is 0.308 e. The Balaban J connectivity index is 1.96. The van der Waals surface area contributed by atoms with Gasteiger partial charge in [0.15, 0.2) is 0 Å². The zero-order valence-electron chi connectivity index (χ0n) is 13.6. The number of hydrogen-bond acceptors (Lipinski definition) is 4. The third-order valence-electron chi connectivity index (χ3n) is 3.39. The van der Waals surface area contributed by atoms with Crippen molar-refractivity contribution >= 4 is 49.6 Å². The van der Waals surface area contributed by atoms with E-state index in [1.807, 2.05) is 30.3 Å². The summed E-state index contributed by atoms with van der Waals surface area (Å²) in [5.41, 5.74) is 6.43. The third-order valence-corrected chi connectivity index (χ3v) is 4.30. The fourth-order valence-electron chi connectivity index (χ4n) is 2.11. The fraction of sp³-hybridized carbons (Fsp3) is 0.167. The number of rotatable bonds is 7. The minimum atomic E-state index is -1.16. The number of nitrogens with two attached hydrogens (primary N) is 1. The van der Waals surface area contributed by atoms with Crippen molar-refractivity contribution in [3.05, 3.63) is 68.6 Å². The van der Waals surface area contributed by atoms with Gasteiger partial charge in [0, 0.05) is 14.5 Å². The van der Waals surface area contributed by atoms with Gasteiger partial charge in [0.05, 0.1) is 6.42 Å². The van der Waals surface area contributed by atoms with Crippen LogP contribution in [0.4, 0.5) is 0 Å². The standard InChI is InChI=1S/C18H16Br2N2O4/c19-13-6-12(7-14(20)8-13)18(25)22-15(17(21)24)9-16(23)26-10-11-4-2-1-3-5-11/h1-8,15H,9-10H2,(H2,21,24)(H,22,25)/t15-/m1/s1. The van der Waals surface area contributed by atoms with Gasteiger partial charge in [-0.1, -0.05) is 62.2 Å². The molecule has 8 heteroatoms. The van der Waals surface area contributed by atoms with Gasteiger partial charge in [-0.3, -0.25) is 14.4 Å². The van der Waals surface area contributed by atoms with E-state index >= 15 is 0 Å². The number of primary amides is 1. The molecule has 0 aromatic heterocycles. The topological polar surface area (TPSA) is 98.5 Å². The first-order chi connectivity index (χ1) is 12.3. The molecule has 26 heavy (non-hydrogen) atoms. The van der Waals surface area contributed by atoms with Crippen LogP contribution in [0.25, 0.3) is 0 Å². The normalized spacial score (nSPS) is 11.5. The number of amides is 2. The molecule has 2 aromatic carbocycles. The van der Waals surface area contributed by atoms with E-state index in [1.54, 1.807) is 18.2 Å². The Morgan fingerprint density at radius 1 is 1.04 bits per heavy atom. The van der Waals surface area contributed by atoms with Crippen molar-refractivity contribution in [1.82, 2.24) is 5.32 Å². The Morgan fingerprint density at radius 2 is 1.65 bits per heavy atom. The Hall–Kier alpha value is -2.19. The molecule has 0 heterocycles. The van der Waals surface area contributed by atoms with Crippen molar-refractivity contribution in [2.75, 3.05) is 0 Å². The van der Waals surface area contributed by atoms with E-state index in [2.05, 4.69) is 37.2 Å². The van der Waals surface area contributed by atoms with Gasteiger partial charge in [0.2, 0.25) is 5.91 Å². The molecular formula is C18H16Br2N2O4. The van der Waals surface area contributed by atoms with Crippen molar-refractivity contribution in [2.24, 2.45) is 5.73 Å². The quantitative estimate of drug-likeness (QED) is 0.591. The van der Waals surface area contributed by atoms with Gasteiger partial charge in [0.25, 0.3) is 5.91 Å². The van der Waals surface area contributed by atoms with Crippen LogP contribution in [0.3, 0.4) is 0 Å². The van der Waals surface area contributed by atoms with Crippen LogP contribution < -0.4 is 11.1 Å². The van der Waals surface area contributed by atoms with Gasteiger partial charge >= 0.3 is 5.97 Å². The van der Waals surface area contributed by atoms with Crippen LogP contribution in [0, 0.1) is 0 Å². The van der Waals surface area contributed by atoms with Gasteiger partial charge in [-0.15, -0.1) is 0 Å². The van der Waals surface area contributed by atoms with Crippen LogP contribution >= 0.6 is 31.9 Å². The molecule has 136 valence electrons. The molecule has 6 nitrogen and oxygen atoms in total. The second-order valence-corrected chi connectivity index (χ2v) is 7.27. The van der Waals surface area contributed by atoms with Gasteiger partial charge in [0.1, 0.15) is 12.6 Å². The number of carbonyl (C=O) groups is 3. The molecule has 1 atom stereocenters. The van der Waals surface area contributed by atoms with E-state index in [0.29, 0.717) is 14.5 Å². The highest BCUT2D eigenvalue weighted by Gasteiger charge is 2.23. The first kappa shape index (κ1) is 20.1. The zero-order chi connectivity index (χ0) is 19.1. The van der Waals surface area contributed by atoms with E-state index in [9.17, 15) is 14.4 Å². The summed E-state index contributed by atoms with van der Waals surface area (Å²) in [4.78, 5) is 35.9. The summed E-state index contributed by atoms with van der Waals surface area (Å²) in [6.45, 7) is 0.0810. The molecule has 0 bridgehead atoms. The van der Waals surface area contributed by atoms with E-state index in [4.69, 9.17) is 10.5 Å². The fourth-order valence-corrected chi connectivity index (χ4v) is 3.41. The van der Waals surface area contributed by atoms with Crippen LogP contribution in [0.15, 0.2) is 57.5 Å². The molecule has 2 rings (SSSR count). The second kappa shape index (κ2) is 9.49. The zero-order valence-corrected chi connectivity index (χ0v) is 16.7. The predicted octanol–water partition coefficient (Wildman–Crippen LogP) is 2.93. The summed E-state index contributed by atoms with van der Waals surface area (Å²) in [6, 6.07) is 12.9. The Kier molecular flexibility index (Phi) is 7.35. The maximum Gasteiger partial charge on any atom is 0.308 e. The van der Waals surface area contributed by atoms with E-state index in [1.165, 1.54) is 0 Å². The lowest BCUT2D eigenvalue weighted by Crippen LogP contribution is -2.45. The number of halogens is 2. The van der Waals surface area contributed by atoms with E-state index < -0.39 is 23.8 Å². The van der Waals surface area contributed by atoms with Crippen LogP contribution in [0.5, 0.6) is 0 Å². The van der Waals surface area contributed by atoms with Gasteiger partial charge in [-0.05, 0) is 23.8 Å². The van der Waals surface area contributed by atoms with Crippen molar-refractivity contribution in [2.45, 2.75) is 19.1 Å². The summed E-state index contributed by atoms with van der Waals surface area (Å²) in [5, 5.41) is 2.46. The lowest BCUT2D eigenvalue weighted by atomic mass is 10.1. The molecule has 0 saturated carbocycles. The SMILES string of the molecule is NC(=O)[C@@H](CC(=O)OCc1ccccc1)NC(=O)c1cc(Br)cc(Br)c1. The molecule has 0 radical (unpaired) electrons. The van der Waals surface area contributed by atoms with Crippen molar-refractivity contribution in [3.63, 3.8) is 0 Å². The first-order valence-electron chi connectivity index (χ1n) is 7.61. The monoisotopic (exact) mass is 482 g/mol.